The van der Waals surface area contributed by atoms with Crippen LogP contribution >= 0.6 is 11.3 Å². The van der Waals surface area contributed by atoms with Gasteiger partial charge in [0.1, 0.15) is 15.6 Å². The number of hydrogen-bond donors (Lipinski definition) is 1. The molecule has 0 aliphatic carbocycles. The van der Waals surface area contributed by atoms with Crippen molar-refractivity contribution < 1.29 is 4.74 Å². The molecular formula is C12H23N3OS. The van der Waals surface area contributed by atoms with Crippen LogP contribution in [-0.2, 0) is 16.9 Å². The van der Waals surface area contributed by atoms with Crippen molar-refractivity contribution in [1.29, 1.82) is 0 Å². The van der Waals surface area contributed by atoms with Gasteiger partial charge in [0.05, 0.1) is 0 Å². The van der Waals surface area contributed by atoms with Crippen molar-refractivity contribution in [3.8, 4) is 0 Å². The predicted octanol–water partition coefficient (Wildman–Crippen LogP) is 2.56. The lowest BCUT2D eigenvalue weighted by Crippen LogP contribution is -2.22. The van der Waals surface area contributed by atoms with Crippen molar-refractivity contribution in [2.24, 2.45) is 5.92 Å². The van der Waals surface area contributed by atoms with Gasteiger partial charge in [-0.2, -0.15) is 0 Å². The van der Waals surface area contributed by atoms with E-state index in [-0.39, 0.29) is 5.60 Å². The zero-order chi connectivity index (χ0) is 12.9. The number of methoxy groups -OCH3 is 1. The second kappa shape index (κ2) is 6.42. The lowest BCUT2D eigenvalue weighted by atomic mass is 10.1. The summed E-state index contributed by atoms with van der Waals surface area (Å²) in [4.78, 5) is 0. The molecule has 1 atom stereocenters. The number of rotatable bonds is 7. The third kappa shape index (κ3) is 4.01. The molecule has 1 aromatic rings. The van der Waals surface area contributed by atoms with Gasteiger partial charge in [-0.25, -0.2) is 0 Å². The molecule has 1 aromatic heterocycles. The Morgan fingerprint density at radius 3 is 2.65 bits per heavy atom. The van der Waals surface area contributed by atoms with Crippen LogP contribution in [0.25, 0.3) is 0 Å². The number of ether oxygens (including phenoxy) is 1. The van der Waals surface area contributed by atoms with E-state index in [1.165, 1.54) is 0 Å². The normalized spacial score (nSPS) is 15.2. The summed E-state index contributed by atoms with van der Waals surface area (Å²) < 4.78 is 5.52. The van der Waals surface area contributed by atoms with Gasteiger partial charge in [0.2, 0.25) is 0 Å². The maximum atomic E-state index is 5.52. The van der Waals surface area contributed by atoms with Gasteiger partial charge >= 0.3 is 0 Å². The molecule has 0 aromatic carbocycles. The van der Waals surface area contributed by atoms with E-state index < -0.39 is 0 Å². The molecule has 0 aliphatic heterocycles. The Kier molecular flexibility index (Phi) is 5.49. The first-order chi connectivity index (χ1) is 8.01. The predicted molar refractivity (Wildman–Crippen MR) is 71.1 cm³/mol. The van der Waals surface area contributed by atoms with Gasteiger partial charge in [-0.15, -0.1) is 10.2 Å². The average Bonchev–Trinajstić information content (AvgIpc) is 2.77. The minimum absolute atomic E-state index is 0.298. The molecule has 5 heteroatoms. The Balaban J connectivity index is 2.59. The molecule has 4 nitrogen and oxygen atoms in total. The second-order valence-electron chi connectivity index (χ2n) is 4.81. The van der Waals surface area contributed by atoms with Crippen LogP contribution in [0, 0.1) is 5.92 Å². The first-order valence-electron chi connectivity index (χ1n) is 6.10. The maximum Gasteiger partial charge on any atom is 0.149 e. The molecule has 0 radical (unpaired) electrons. The third-order valence-corrected chi connectivity index (χ3v) is 4.04. The first-order valence-corrected chi connectivity index (χ1v) is 6.92. The summed E-state index contributed by atoms with van der Waals surface area (Å²) in [5, 5.41) is 13.8. The molecule has 98 valence electrons. The van der Waals surface area contributed by atoms with Gasteiger partial charge in [0.25, 0.3) is 0 Å². The van der Waals surface area contributed by atoms with E-state index in [1.54, 1.807) is 18.4 Å². The highest BCUT2D eigenvalue weighted by atomic mass is 32.1. The van der Waals surface area contributed by atoms with Crippen molar-refractivity contribution in [1.82, 2.24) is 15.5 Å². The van der Waals surface area contributed by atoms with Gasteiger partial charge in [-0.1, -0.05) is 32.1 Å². The standard InChI is InChI=1S/C12H23N3OS/c1-6-12(4,16-5)11-15-14-10(17-11)8-13-7-9(2)3/h9,13H,6-8H2,1-5H3. The Hall–Kier alpha value is -0.520. The fraction of sp³-hybridized carbons (Fsp3) is 0.833. The van der Waals surface area contributed by atoms with Gasteiger partial charge in [0.15, 0.2) is 0 Å². The quantitative estimate of drug-likeness (QED) is 0.815. The van der Waals surface area contributed by atoms with Crippen molar-refractivity contribution in [3.63, 3.8) is 0 Å². The van der Waals surface area contributed by atoms with Crippen LogP contribution in [0.4, 0.5) is 0 Å². The first kappa shape index (κ1) is 14.5. The zero-order valence-electron chi connectivity index (χ0n) is 11.4. The van der Waals surface area contributed by atoms with E-state index in [1.807, 2.05) is 0 Å². The molecule has 1 heterocycles. The lowest BCUT2D eigenvalue weighted by molar-refractivity contribution is -0.00207. The van der Waals surface area contributed by atoms with Crippen molar-refractivity contribution >= 4 is 11.3 Å². The van der Waals surface area contributed by atoms with E-state index in [9.17, 15) is 0 Å². The topological polar surface area (TPSA) is 47.0 Å². The van der Waals surface area contributed by atoms with Crippen LogP contribution in [0.15, 0.2) is 0 Å². The number of nitrogens with zero attached hydrogens (tertiary/aromatic N) is 2. The number of hydrogen-bond acceptors (Lipinski definition) is 5. The van der Waals surface area contributed by atoms with E-state index in [4.69, 9.17) is 4.74 Å². The molecule has 0 amide bonds. The molecule has 0 saturated carbocycles. The maximum absolute atomic E-state index is 5.52. The van der Waals surface area contributed by atoms with Crippen LogP contribution in [0.1, 0.15) is 44.1 Å². The summed E-state index contributed by atoms with van der Waals surface area (Å²) in [5.41, 5.74) is -0.298. The number of aromatic nitrogens is 2. The van der Waals surface area contributed by atoms with Crippen molar-refractivity contribution in [2.75, 3.05) is 13.7 Å². The minimum Gasteiger partial charge on any atom is -0.371 e. The third-order valence-electron chi connectivity index (χ3n) is 2.87. The Labute approximate surface area is 108 Å². The Bertz CT molecular complexity index is 334. The number of nitrogens with one attached hydrogen (secondary N) is 1. The summed E-state index contributed by atoms with van der Waals surface area (Å²) in [5.74, 6) is 0.655. The Morgan fingerprint density at radius 1 is 1.41 bits per heavy atom. The summed E-state index contributed by atoms with van der Waals surface area (Å²) in [7, 11) is 1.72. The second-order valence-corrected chi connectivity index (χ2v) is 5.88. The zero-order valence-corrected chi connectivity index (χ0v) is 12.2. The van der Waals surface area contributed by atoms with Crippen LogP contribution < -0.4 is 5.32 Å². The van der Waals surface area contributed by atoms with Crippen molar-refractivity contribution in [3.05, 3.63) is 10.0 Å². The fourth-order valence-electron chi connectivity index (χ4n) is 1.39. The largest absolute Gasteiger partial charge is 0.371 e. The monoisotopic (exact) mass is 257 g/mol. The van der Waals surface area contributed by atoms with E-state index in [0.29, 0.717) is 5.92 Å². The van der Waals surface area contributed by atoms with E-state index >= 15 is 0 Å². The SMILES string of the molecule is CCC(C)(OC)c1nnc(CNCC(C)C)s1. The van der Waals surface area contributed by atoms with Crippen LogP contribution in [0.3, 0.4) is 0 Å². The molecular weight excluding hydrogens is 234 g/mol. The van der Waals surface area contributed by atoms with Crippen LogP contribution in [0.2, 0.25) is 0 Å². The molecule has 1 N–H and O–H groups in total. The molecule has 0 aliphatic rings. The molecule has 1 rings (SSSR count). The van der Waals surface area contributed by atoms with E-state index in [0.717, 1.165) is 29.5 Å². The van der Waals surface area contributed by atoms with Gasteiger partial charge in [-0.05, 0) is 25.8 Å². The van der Waals surface area contributed by atoms with Gasteiger partial charge < -0.3 is 10.1 Å². The molecule has 0 saturated heterocycles. The van der Waals surface area contributed by atoms with Gasteiger partial charge in [0, 0.05) is 13.7 Å². The molecule has 0 fully saturated rings. The highest BCUT2D eigenvalue weighted by Crippen LogP contribution is 2.30. The van der Waals surface area contributed by atoms with Gasteiger partial charge in [-0.3, -0.25) is 0 Å². The molecule has 0 spiro atoms. The highest BCUT2D eigenvalue weighted by molar-refractivity contribution is 7.11. The molecule has 0 bridgehead atoms. The molecule has 1 unspecified atom stereocenters. The summed E-state index contributed by atoms with van der Waals surface area (Å²) >= 11 is 1.63. The summed E-state index contributed by atoms with van der Waals surface area (Å²) in [6, 6.07) is 0. The smallest absolute Gasteiger partial charge is 0.149 e. The minimum atomic E-state index is -0.298. The Morgan fingerprint density at radius 2 is 2.12 bits per heavy atom. The van der Waals surface area contributed by atoms with E-state index in [2.05, 4.69) is 43.2 Å². The highest BCUT2D eigenvalue weighted by Gasteiger charge is 2.28. The fourth-order valence-corrected chi connectivity index (χ4v) is 2.39. The van der Waals surface area contributed by atoms with Crippen molar-refractivity contribution in [2.45, 2.75) is 46.3 Å². The average molecular weight is 257 g/mol. The van der Waals surface area contributed by atoms with Crippen LogP contribution in [0.5, 0.6) is 0 Å². The van der Waals surface area contributed by atoms with Crippen LogP contribution in [-0.4, -0.2) is 23.9 Å². The lowest BCUT2D eigenvalue weighted by Gasteiger charge is -2.22. The summed E-state index contributed by atoms with van der Waals surface area (Å²) in [6.45, 7) is 10.3. The summed E-state index contributed by atoms with van der Waals surface area (Å²) in [6.07, 6.45) is 0.900. The molecule has 17 heavy (non-hydrogen) atoms.